The summed E-state index contributed by atoms with van der Waals surface area (Å²) >= 11 is 0. The molecule has 0 bridgehead atoms. The van der Waals surface area contributed by atoms with E-state index in [0.29, 0.717) is 87.1 Å². The molecule has 8 heteroatoms. The number of carboxylic acids is 1. The zero-order valence-corrected chi connectivity index (χ0v) is 22.2. The minimum Gasteiger partial charge on any atom is -0.511 e. The number of rotatable bonds is 11. The van der Waals surface area contributed by atoms with Crippen LogP contribution < -0.4 is 0 Å². The summed E-state index contributed by atoms with van der Waals surface area (Å²) in [5.74, 6) is -0.238. The average Bonchev–Trinajstić information content (AvgIpc) is 3.27. The molecule has 4 rings (SSSR count). The fraction of sp³-hybridized carbons (Fsp3) is 0.500. The van der Waals surface area contributed by atoms with E-state index < -0.39 is 5.97 Å². The van der Waals surface area contributed by atoms with E-state index in [1.165, 1.54) is 0 Å². The molecule has 1 unspecified atom stereocenters. The van der Waals surface area contributed by atoms with Crippen molar-refractivity contribution in [3.05, 3.63) is 64.2 Å². The predicted octanol–water partition coefficient (Wildman–Crippen LogP) is 5.81. The van der Waals surface area contributed by atoms with E-state index in [1.54, 1.807) is 0 Å². The summed E-state index contributed by atoms with van der Waals surface area (Å²) in [5, 5.41) is 23.9. The van der Waals surface area contributed by atoms with Gasteiger partial charge in [-0.2, -0.15) is 0 Å². The van der Waals surface area contributed by atoms with E-state index in [2.05, 4.69) is 10.1 Å². The Kier molecular flexibility index (Phi) is 8.59. The molecule has 1 aromatic heterocycles. The molecule has 38 heavy (non-hydrogen) atoms. The molecule has 1 atom stereocenters. The molecule has 1 heterocycles. The second kappa shape index (κ2) is 11.9. The molecule has 0 saturated carbocycles. The summed E-state index contributed by atoms with van der Waals surface area (Å²) < 4.78 is 5.61. The maximum Gasteiger partial charge on any atom is 0.303 e. The number of aromatic nitrogens is 1. The predicted molar refractivity (Wildman–Crippen MR) is 143 cm³/mol. The average molecular weight is 521 g/mol. The van der Waals surface area contributed by atoms with Crippen LogP contribution in [0.15, 0.2) is 51.2 Å². The Morgan fingerprint density at radius 1 is 1.05 bits per heavy atom. The molecule has 8 nitrogen and oxygen atoms in total. The van der Waals surface area contributed by atoms with Gasteiger partial charge in [-0.05, 0) is 42.6 Å². The number of carboxylic acid groups (broad SMARTS) is 1. The van der Waals surface area contributed by atoms with Gasteiger partial charge in [-0.3, -0.25) is 19.4 Å². The Morgan fingerprint density at radius 2 is 1.82 bits per heavy atom. The number of carbonyl (C=O) groups is 3. The van der Waals surface area contributed by atoms with Crippen molar-refractivity contribution in [2.75, 3.05) is 6.54 Å². The molecular weight excluding hydrogens is 484 g/mol. The molecule has 0 aliphatic heterocycles. The van der Waals surface area contributed by atoms with Crippen LogP contribution in [0, 0.1) is 5.41 Å². The van der Waals surface area contributed by atoms with E-state index in [9.17, 15) is 19.5 Å². The van der Waals surface area contributed by atoms with Crippen molar-refractivity contribution in [1.29, 1.82) is 0 Å². The highest BCUT2D eigenvalue weighted by atomic mass is 16.5. The molecule has 0 fully saturated rings. The van der Waals surface area contributed by atoms with Gasteiger partial charge < -0.3 is 14.7 Å². The number of ketones is 2. The van der Waals surface area contributed by atoms with Crippen LogP contribution in [0.1, 0.15) is 98.5 Å². The maximum absolute atomic E-state index is 13.1. The summed E-state index contributed by atoms with van der Waals surface area (Å²) in [6, 6.07) is 9.92. The van der Waals surface area contributed by atoms with E-state index >= 15 is 0 Å². The number of fused-ring (bicyclic) bond motifs is 1. The van der Waals surface area contributed by atoms with Gasteiger partial charge in [0, 0.05) is 44.4 Å². The minimum absolute atomic E-state index is 0.00540. The maximum atomic E-state index is 13.1. The number of aliphatic imine (C=N–C) groups is 1. The van der Waals surface area contributed by atoms with Crippen molar-refractivity contribution < 1.29 is 29.1 Å². The molecule has 0 radical (unpaired) electrons. The molecule has 202 valence electrons. The first kappa shape index (κ1) is 27.5. The van der Waals surface area contributed by atoms with Crippen LogP contribution in [0.5, 0.6) is 0 Å². The highest BCUT2D eigenvalue weighted by molar-refractivity contribution is 6.23. The smallest absolute Gasteiger partial charge is 0.303 e. The highest BCUT2D eigenvalue weighted by Gasteiger charge is 2.36. The fourth-order valence-electron chi connectivity index (χ4n) is 5.49. The molecule has 2 aromatic rings. The quantitative estimate of drug-likeness (QED) is 0.282. The van der Waals surface area contributed by atoms with E-state index in [-0.39, 0.29) is 40.7 Å². The lowest BCUT2D eigenvalue weighted by Gasteiger charge is -2.30. The standard InChI is InChI=1S/C30H36N2O6/c1-30(2)17-24(34)28(25(35)18-30)21(31-14-8-4-7-11-27(36)37)12-13-22-29-23(33)15-20(16-26(29)38-32-22)19-9-5-3-6-10-19/h3,5-6,9-10,20,34H,4,7-8,11-18H2,1-2H3,(H,36,37). The van der Waals surface area contributed by atoms with E-state index in [1.807, 2.05) is 44.2 Å². The van der Waals surface area contributed by atoms with Gasteiger partial charge in [0.1, 0.15) is 11.5 Å². The first-order valence-corrected chi connectivity index (χ1v) is 13.4. The van der Waals surface area contributed by atoms with Gasteiger partial charge in [-0.15, -0.1) is 0 Å². The van der Waals surface area contributed by atoms with Crippen molar-refractivity contribution in [2.45, 2.75) is 84.0 Å². The Balaban J connectivity index is 1.50. The number of unbranched alkanes of at least 4 members (excludes halogenated alkanes) is 2. The first-order valence-electron chi connectivity index (χ1n) is 13.4. The third-order valence-corrected chi connectivity index (χ3v) is 7.34. The third-order valence-electron chi connectivity index (χ3n) is 7.34. The van der Waals surface area contributed by atoms with Crippen LogP contribution >= 0.6 is 0 Å². The summed E-state index contributed by atoms with van der Waals surface area (Å²) in [6.45, 7) is 4.33. The Bertz CT molecular complexity index is 1250. The van der Waals surface area contributed by atoms with Crippen LogP contribution in [-0.4, -0.2) is 45.2 Å². The lowest BCUT2D eigenvalue weighted by atomic mass is 9.75. The molecule has 2 aliphatic rings. The molecule has 2 aliphatic carbocycles. The van der Waals surface area contributed by atoms with Gasteiger partial charge >= 0.3 is 5.97 Å². The zero-order valence-electron chi connectivity index (χ0n) is 22.2. The number of hydrogen-bond donors (Lipinski definition) is 2. The first-order chi connectivity index (χ1) is 18.1. The number of Topliss-reactive ketones (excluding diaryl/α,β-unsaturated/α-hetero) is 2. The van der Waals surface area contributed by atoms with Crippen molar-refractivity contribution in [2.24, 2.45) is 10.4 Å². The zero-order chi connectivity index (χ0) is 27.3. The second-order valence-electron chi connectivity index (χ2n) is 11.2. The Labute approximate surface area is 222 Å². The number of nitrogens with zero attached hydrogens (tertiary/aromatic N) is 2. The number of allylic oxidation sites excluding steroid dienone is 2. The Hall–Kier alpha value is -3.55. The van der Waals surface area contributed by atoms with Crippen molar-refractivity contribution in [3.63, 3.8) is 0 Å². The summed E-state index contributed by atoms with van der Waals surface area (Å²) in [6.07, 6.45) is 4.50. The van der Waals surface area contributed by atoms with Crippen LogP contribution in [0.4, 0.5) is 0 Å². The number of aliphatic carboxylic acids is 1. The van der Waals surface area contributed by atoms with Crippen molar-refractivity contribution >= 4 is 23.2 Å². The summed E-state index contributed by atoms with van der Waals surface area (Å²) in [7, 11) is 0. The van der Waals surface area contributed by atoms with E-state index in [4.69, 9.17) is 9.63 Å². The molecule has 0 spiro atoms. The van der Waals surface area contributed by atoms with Gasteiger partial charge in [-0.25, -0.2) is 0 Å². The molecule has 2 N–H and O–H groups in total. The van der Waals surface area contributed by atoms with Crippen LogP contribution in [0.25, 0.3) is 0 Å². The third kappa shape index (κ3) is 6.65. The van der Waals surface area contributed by atoms with E-state index in [0.717, 1.165) is 5.56 Å². The lowest BCUT2D eigenvalue weighted by molar-refractivity contribution is -0.137. The lowest BCUT2D eigenvalue weighted by Crippen LogP contribution is -2.29. The van der Waals surface area contributed by atoms with Crippen LogP contribution in [-0.2, 0) is 22.4 Å². The normalized spacial score (nSPS) is 19.5. The number of benzene rings is 1. The monoisotopic (exact) mass is 520 g/mol. The number of aliphatic hydroxyl groups is 1. The van der Waals surface area contributed by atoms with Gasteiger partial charge in [0.15, 0.2) is 11.6 Å². The van der Waals surface area contributed by atoms with Gasteiger partial charge in [0.25, 0.3) is 0 Å². The summed E-state index contributed by atoms with van der Waals surface area (Å²) in [4.78, 5) is 41.6. The Morgan fingerprint density at radius 3 is 2.53 bits per heavy atom. The minimum atomic E-state index is -0.819. The van der Waals surface area contributed by atoms with Gasteiger partial charge in [0.2, 0.25) is 0 Å². The van der Waals surface area contributed by atoms with Crippen LogP contribution in [0.2, 0.25) is 0 Å². The number of hydrogen-bond acceptors (Lipinski definition) is 7. The molecule has 0 amide bonds. The van der Waals surface area contributed by atoms with Crippen LogP contribution in [0.3, 0.4) is 0 Å². The summed E-state index contributed by atoms with van der Waals surface area (Å²) in [5.41, 5.74) is 2.68. The second-order valence-corrected chi connectivity index (χ2v) is 11.2. The molecule has 0 saturated heterocycles. The topological polar surface area (TPSA) is 130 Å². The number of aliphatic hydroxyl groups excluding tert-OH is 1. The van der Waals surface area contributed by atoms with Crippen molar-refractivity contribution in [1.82, 2.24) is 5.16 Å². The highest BCUT2D eigenvalue weighted by Crippen LogP contribution is 2.37. The molecule has 1 aromatic carbocycles. The van der Waals surface area contributed by atoms with Gasteiger partial charge in [0.05, 0.1) is 16.8 Å². The fourth-order valence-corrected chi connectivity index (χ4v) is 5.49. The largest absolute Gasteiger partial charge is 0.511 e. The number of carbonyl (C=O) groups excluding carboxylic acids is 2. The molecular formula is C30H36N2O6. The number of aryl methyl sites for hydroxylation is 1. The van der Waals surface area contributed by atoms with Gasteiger partial charge in [-0.1, -0.05) is 55.8 Å². The van der Waals surface area contributed by atoms with Crippen molar-refractivity contribution in [3.8, 4) is 0 Å². The SMILES string of the molecule is CC1(C)CC(=O)C(C(CCc2noc3c2C(=O)CC(c2ccccc2)C3)=NCCCCCC(=O)O)=C(O)C1.